The van der Waals surface area contributed by atoms with Crippen molar-refractivity contribution in [2.24, 2.45) is 0 Å². The van der Waals surface area contributed by atoms with Crippen molar-refractivity contribution in [1.29, 1.82) is 0 Å². The number of H-pyrrole nitrogens is 1. The Morgan fingerprint density at radius 2 is 1.71 bits per heavy atom. The molecule has 0 spiro atoms. The third kappa shape index (κ3) is 4.20. The fourth-order valence-electron chi connectivity index (χ4n) is 3.82. The molecule has 0 aliphatic carbocycles. The summed E-state index contributed by atoms with van der Waals surface area (Å²) in [4.78, 5) is 39.3. The fraction of sp³-hybridized carbons (Fsp3) is 0.217. The number of benzene rings is 2. The Labute approximate surface area is 205 Å². The quantitative estimate of drug-likeness (QED) is 0.433. The van der Waals surface area contributed by atoms with E-state index in [0.717, 1.165) is 0 Å². The van der Waals surface area contributed by atoms with E-state index in [2.05, 4.69) is 20.8 Å². The maximum atomic E-state index is 13.1. The summed E-state index contributed by atoms with van der Waals surface area (Å²) in [7, 11) is 1.27. The minimum absolute atomic E-state index is 0.185. The molecule has 0 fully saturated rings. The van der Waals surface area contributed by atoms with Crippen LogP contribution < -0.4 is 10.6 Å². The molecule has 2 heterocycles. The van der Waals surface area contributed by atoms with Crippen molar-refractivity contribution in [3.05, 3.63) is 74.9 Å². The second-order valence-corrected chi connectivity index (χ2v) is 8.94. The van der Waals surface area contributed by atoms with Gasteiger partial charge >= 0.3 is 12.0 Å². The maximum Gasteiger partial charge on any atom is 0.337 e. The van der Waals surface area contributed by atoms with E-state index in [1.807, 2.05) is 13.8 Å². The lowest BCUT2D eigenvalue weighted by atomic mass is 10.0. The van der Waals surface area contributed by atoms with Gasteiger partial charge in [0.25, 0.3) is 5.91 Å². The van der Waals surface area contributed by atoms with Gasteiger partial charge in [0, 0.05) is 11.1 Å². The number of anilines is 2. The van der Waals surface area contributed by atoms with Gasteiger partial charge in [0.1, 0.15) is 0 Å². The Kier molecular flexibility index (Phi) is 6.24. The molecule has 0 unspecified atom stereocenters. The van der Waals surface area contributed by atoms with Gasteiger partial charge in [0.05, 0.1) is 46.2 Å². The van der Waals surface area contributed by atoms with Gasteiger partial charge in [0.15, 0.2) is 5.82 Å². The van der Waals surface area contributed by atoms with E-state index in [4.69, 9.17) is 27.9 Å². The minimum Gasteiger partial charge on any atom is -0.465 e. The van der Waals surface area contributed by atoms with Crippen molar-refractivity contribution in [2.45, 2.75) is 25.9 Å². The van der Waals surface area contributed by atoms with Crippen molar-refractivity contribution in [1.82, 2.24) is 15.1 Å². The van der Waals surface area contributed by atoms with Gasteiger partial charge in [-0.25, -0.2) is 9.59 Å². The van der Waals surface area contributed by atoms with Crippen molar-refractivity contribution < 1.29 is 19.1 Å². The number of carbonyl (C=O) groups excluding carboxylic acids is 3. The highest BCUT2D eigenvalue weighted by atomic mass is 35.5. The predicted molar refractivity (Wildman–Crippen MR) is 128 cm³/mol. The highest BCUT2D eigenvalue weighted by molar-refractivity contribution is 6.39. The van der Waals surface area contributed by atoms with Crippen LogP contribution in [0.1, 0.15) is 45.8 Å². The number of aromatic nitrogens is 2. The van der Waals surface area contributed by atoms with Crippen LogP contribution in [0.15, 0.2) is 42.5 Å². The summed E-state index contributed by atoms with van der Waals surface area (Å²) in [6.07, 6.45) is 0. The number of hydrogen-bond acceptors (Lipinski definition) is 5. The number of aromatic amines is 1. The lowest BCUT2D eigenvalue weighted by Gasteiger charge is -2.32. The molecule has 0 bridgehead atoms. The Morgan fingerprint density at radius 1 is 1.06 bits per heavy atom. The molecule has 0 saturated carbocycles. The van der Waals surface area contributed by atoms with Crippen LogP contribution in [-0.2, 0) is 16.8 Å². The van der Waals surface area contributed by atoms with Gasteiger partial charge in [-0.05, 0) is 44.2 Å². The second kappa shape index (κ2) is 9.00. The summed E-state index contributed by atoms with van der Waals surface area (Å²) in [6, 6.07) is 10.7. The molecule has 1 aromatic heterocycles. The van der Waals surface area contributed by atoms with Crippen LogP contribution in [0.4, 0.5) is 16.3 Å². The zero-order chi connectivity index (χ0) is 24.6. The number of rotatable bonds is 4. The number of halogens is 2. The molecule has 0 saturated heterocycles. The summed E-state index contributed by atoms with van der Waals surface area (Å²) in [6.45, 7) is 3.90. The molecule has 1 aliphatic heterocycles. The van der Waals surface area contributed by atoms with E-state index in [-0.39, 0.29) is 17.7 Å². The van der Waals surface area contributed by atoms with Gasteiger partial charge in [0.2, 0.25) is 0 Å². The predicted octanol–water partition coefficient (Wildman–Crippen LogP) is 5.04. The summed E-state index contributed by atoms with van der Waals surface area (Å²) in [5.74, 6) is -0.705. The monoisotopic (exact) mass is 501 g/mol. The fourth-order valence-corrected chi connectivity index (χ4v) is 4.31. The molecule has 9 nitrogen and oxygen atoms in total. The highest BCUT2D eigenvalue weighted by Gasteiger charge is 2.44. The number of methoxy groups -OCH3 is 1. The molecule has 3 aromatic rings. The number of urea groups is 1. The number of ether oxygens (including phenoxy) is 1. The van der Waals surface area contributed by atoms with Gasteiger partial charge in [-0.1, -0.05) is 35.3 Å². The van der Waals surface area contributed by atoms with Crippen LogP contribution in [0, 0.1) is 0 Å². The van der Waals surface area contributed by atoms with Crippen molar-refractivity contribution >= 4 is 52.6 Å². The smallest absolute Gasteiger partial charge is 0.337 e. The van der Waals surface area contributed by atoms with E-state index in [1.165, 1.54) is 13.2 Å². The summed E-state index contributed by atoms with van der Waals surface area (Å²) < 4.78 is 4.70. The number of fused-ring (bicyclic) bond motifs is 1. The molecule has 4 rings (SSSR count). The van der Waals surface area contributed by atoms with Crippen molar-refractivity contribution in [3.63, 3.8) is 0 Å². The van der Waals surface area contributed by atoms with Crippen LogP contribution >= 0.6 is 23.2 Å². The Hall–Kier alpha value is -3.56. The number of carbonyl (C=O) groups is 3. The molecule has 0 radical (unpaired) electrons. The topological polar surface area (TPSA) is 116 Å². The molecule has 1 aliphatic rings. The summed E-state index contributed by atoms with van der Waals surface area (Å²) in [5, 5.41) is 13.3. The molecular formula is C23H21Cl2N5O4. The number of para-hydroxylation sites is 1. The minimum atomic E-state index is -0.756. The first kappa shape index (κ1) is 23.6. The average Bonchev–Trinajstić information content (AvgIpc) is 3.33. The Balaban J connectivity index is 1.55. The standard InChI is InChI=1S/C23H21Cl2N5O4/c1-23(2)18-14(11-30(23)22(33)26-17-15(24)8-5-9-16(17)25)19(29-28-18)27-20(31)12-6-4-7-13(10-12)21(32)34-3/h4-10H,11H2,1-3H3,(H,26,33)(H2,27,28,29,31). The largest absolute Gasteiger partial charge is 0.465 e. The summed E-state index contributed by atoms with van der Waals surface area (Å²) >= 11 is 12.4. The van der Waals surface area contributed by atoms with Gasteiger partial charge < -0.3 is 20.3 Å². The molecule has 3 N–H and O–H groups in total. The number of esters is 1. The summed E-state index contributed by atoms with van der Waals surface area (Å²) in [5.41, 5.74) is 1.44. The third-order valence-electron chi connectivity index (χ3n) is 5.69. The number of nitrogens with zero attached hydrogens (tertiary/aromatic N) is 2. The SMILES string of the molecule is COC(=O)c1cccc(C(=O)Nc2n[nH]c3c2CN(C(=O)Nc2c(Cl)cccc2Cl)C3(C)C)c1. The van der Waals surface area contributed by atoms with E-state index in [1.54, 1.807) is 41.3 Å². The molecule has 0 atom stereocenters. The molecule has 3 amide bonds. The lowest BCUT2D eigenvalue weighted by molar-refractivity contribution is 0.0600. The highest BCUT2D eigenvalue weighted by Crippen LogP contribution is 2.41. The lowest BCUT2D eigenvalue weighted by Crippen LogP contribution is -2.43. The van der Waals surface area contributed by atoms with Gasteiger partial charge in [-0.2, -0.15) is 5.10 Å². The van der Waals surface area contributed by atoms with Gasteiger partial charge in [-0.15, -0.1) is 0 Å². The second-order valence-electron chi connectivity index (χ2n) is 8.12. The normalized spacial score (nSPS) is 13.9. The van der Waals surface area contributed by atoms with E-state index >= 15 is 0 Å². The first-order chi connectivity index (χ1) is 16.1. The van der Waals surface area contributed by atoms with Crippen LogP contribution in [0.25, 0.3) is 0 Å². The molecular weight excluding hydrogens is 481 g/mol. The molecule has 11 heteroatoms. The van der Waals surface area contributed by atoms with E-state index in [0.29, 0.717) is 32.8 Å². The number of hydrogen-bond donors (Lipinski definition) is 3. The zero-order valence-corrected chi connectivity index (χ0v) is 20.0. The zero-order valence-electron chi connectivity index (χ0n) is 18.5. The van der Waals surface area contributed by atoms with Crippen LogP contribution in [0.2, 0.25) is 10.0 Å². The third-order valence-corrected chi connectivity index (χ3v) is 6.32. The van der Waals surface area contributed by atoms with Crippen molar-refractivity contribution in [3.8, 4) is 0 Å². The Morgan fingerprint density at radius 3 is 2.38 bits per heavy atom. The molecule has 2 aromatic carbocycles. The Bertz CT molecular complexity index is 1280. The number of nitrogens with one attached hydrogen (secondary N) is 3. The first-order valence-corrected chi connectivity index (χ1v) is 11.0. The van der Waals surface area contributed by atoms with E-state index in [9.17, 15) is 14.4 Å². The van der Waals surface area contributed by atoms with Crippen molar-refractivity contribution in [2.75, 3.05) is 17.7 Å². The first-order valence-electron chi connectivity index (χ1n) is 10.2. The maximum absolute atomic E-state index is 13.1. The number of amides is 3. The van der Waals surface area contributed by atoms with Crippen LogP contribution in [0.3, 0.4) is 0 Å². The van der Waals surface area contributed by atoms with Crippen LogP contribution in [0.5, 0.6) is 0 Å². The molecule has 176 valence electrons. The van der Waals surface area contributed by atoms with Gasteiger partial charge in [-0.3, -0.25) is 9.89 Å². The molecule has 34 heavy (non-hydrogen) atoms. The average molecular weight is 502 g/mol. The van der Waals surface area contributed by atoms with Crippen LogP contribution in [-0.4, -0.2) is 40.1 Å². The van der Waals surface area contributed by atoms with E-state index < -0.39 is 23.4 Å².